The van der Waals surface area contributed by atoms with Gasteiger partial charge in [0.15, 0.2) is 11.6 Å². The van der Waals surface area contributed by atoms with Crippen molar-refractivity contribution in [2.75, 3.05) is 0 Å². The van der Waals surface area contributed by atoms with E-state index >= 15 is 0 Å². The summed E-state index contributed by atoms with van der Waals surface area (Å²) in [7, 11) is 0. The molecule has 0 atom stereocenters. The Bertz CT molecular complexity index is 356. The minimum Gasteiger partial charge on any atom is -0.290 e. The lowest BCUT2D eigenvalue weighted by atomic mass is 10.0. The van der Waals surface area contributed by atoms with Crippen molar-refractivity contribution in [3.8, 4) is 0 Å². The molecule has 0 unspecified atom stereocenters. The third-order valence-corrected chi connectivity index (χ3v) is 2.11. The normalized spacial score (nSPS) is 20.6. The predicted molar refractivity (Wildman–Crippen MR) is 49.1 cm³/mol. The number of carbonyl (C=O) groups excluding carboxylic acids is 2. The van der Waals surface area contributed by atoms with Gasteiger partial charge in [-0.1, -0.05) is 24.3 Å². The Balaban J connectivity index is 2.54. The van der Waals surface area contributed by atoms with Crippen LogP contribution in [0.1, 0.15) is 6.42 Å². The van der Waals surface area contributed by atoms with Gasteiger partial charge in [0.1, 0.15) is 0 Å². The van der Waals surface area contributed by atoms with Crippen molar-refractivity contribution in [3.05, 3.63) is 47.6 Å². The molecule has 0 amide bonds. The summed E-state index contributed by atoms with van der Waals surface area (Å²) < 4.78 is 0. The summed E-state index contributed by atoms with van der Waals surface area (Å²) >= 11 is 0. The smallest absolute Gasteiger partial charge is 0.182 e. The van der Waals surface area contributed by atoms with Gasteiger partial charge in [-0.25, -0.2) is 0 Å². The average molecular weight is 172 g/mol. The van der Waals surface area contributed by atoms with E-state index in [0.29, 0.717) is 17.6 Å². The highest BCUT2D eigenvalue weighted by Gasteiger charge is 2.17. The maximum atomic E-state index is 11.4. The number of fused-ring (bicyclic) bond motifs is 2. The van der Waals surface area contributed by atoms with Crippen LogP contribution < -0.4 is 0 Å². The number of hydrogen-bond donors (Lipinski definition) is 0. The maximum absolute atomic E-state index is 11.4. The Hall–Kier alpha value is -1.70. The van der Waals surface area contributed by atoms with E-state index in [1.807, 2.05) is 0 Å². The maximum Gasteiger partial charge on any atom is 0.182 e. The third-order valence-electron chi connectivity index (χ3n) is 2.11. The van der Waals surface area contributed by atoms with Gasteiger partial charge in [-0.15, -0.1) is 0 Å². The van der Waals surface area contributed by atoms with Gasteiger partial charge in [-0.3, -0.25) is 9.59 Å². The molecular weight excluding hydrogens is 164 g/mol. The molecule has 0 aromatic carbocycles. The second kappa shape index (κ2) is 2.98. The Morgan fingerprint density at radius 3 is 1.77 bits per heavy atom. The van der Waals surface area contributed by atoms with E-state index in [-0.39, 0.29) is 11.6 Å². The third kappa shape index (κ3) is 1.43. The molecule has 0 aromatic rings. The number of ketones is 2. The molecule has 0 saturated heterocycles. The zero-order valence-corrected chi connectivity index (χ0v) is 6.99. The van der Waals surface area contributed by atoms with Crippen molar-refractivity contribution < 1.29 is 9.59 Å². The van der Waals surface area contributed by atoms with Gasteiger partial charge in [-0.2, -0.15) is 0 Å². The molecule has 2 aliphatic carbocycles. The molecule has 0 N–H and O–H groups in total. The summed E-state index contributed by atoms with van der Waals surface area (Å²) in [4.78, 5) is 22.7. The number of hydrogen-bond acceptors (Lipinski definition) is 2. The first-order valence-electron chi connectivity index (χ1n) is 4.10. The van der Waals surface area contributed by atoms with Crippen molar-refractivity contribution >= 4 is 11.6 Å². The van der Waals surface area contributed by atoms with Gasteiger partial charge in [-0.05, 0) is 12.2 Å². The largest absolute Gasteiger partial charge is 0.290 e. The fourth-order valence-electron chi connectivity index (χ4n) is 1.37. The van der Waals surface area contributed by atoms with E-state index < -0.39 is 0 Å². The standard InChI is InChI=1S/C11H8O2/c12-10-5-6-11(13)9-4-2-1-3-8(10)7-9/h1-6H,7H2. The van der Waals surface area contributed by atoms with Gasteiger partial charge in [0, 0.05) is 17.6 Å². The van der Waals surface area contributed by atoms with Crippen LogP contribution in [0.3, 0.4) is 0 Å². The van der Waals surface area contributed by atoms with Crippen LogP contribution in [0.2, 0.25) is 0 Å². The molecule has 2 bridgehead atoms. The van der Waals surface area contributed by atoms with E-state index in [1.165, 1.54) is 12.2 Å². The zero-order valence-electron chi connectivity index (χ0n) is 6.99. The Labute approximate surface area is 75.9 Å². The minimum absolute atomic E-state index is 0.0664. The highest BCUT2D eigenvalue weighted by Crippen LogP contribution is 2.20. The highest BCUT2D eigenvalue weighted by molar-refractivity contribution is 6.15. The van der Waals surface area contributed by atoms with Crippen LogP contribution in [0.4, 0.5) is 0 Å². The van der Waals surface area contributed by atoms with Gasteiger partial charge in [0.2, 0.25) is 0 Å². The fraction of sp³-hybridized carbons (Fsp3) is 0.0909. The molecule has 2 heteroatoms. The molecule has 0 radical (unpaired) electrons. The van der Waals surface area contributed by atoms with Gasteiger partial charge in [0.25, 0.3) is 0 Å². The van der Waals surface area contributed by atoms with Crippen LogP contribution in [0.25, 0.3) is 0 Å². The van der Waals surface area contributed by atoms with E-state index in [4.69, 9.17) is 0 Å². The number of allylic oxidation sites excluding steroid dienone is 8. The minimum atomic E-state index is -0.0664. The molecule has 0 fully saturated rings. The molecule has 0 heterocycles. The molecule has 64 valence electrons. The second-order valence-corrected chi connectivity index (χ2v) is 3.01. The lowest BCUT2D eigenvalue weighted by Crippen LogP contribution is -1.98. The molecule has 0 saturated carbocycles. The fourth-order valence-corrected chi connectivity index (χ4v) is 1.37. The molecule has 0 aliphatic heterocycles. The zero-order chi connectivity index (χ0) is 9.26. The summed E-state index contributed by atoms with van der Waals surface area (Å²) in [5, 5.41) is 0. The second-order valence-electron chi connectivity index (χ2n) is 3.01. The molecule has 13 heavy (non-hydrogen) atoms. The Morgan fingerprint density at radius 1 is 0.846 bits per heavy atom. The van der Waals surface area contributed by atoms with Crippen LogP contribution in [-0.2, 0) is 9.59 Å². The quantitative estimate of drug-likeness (QED) is 0.555. The van der Waals surface area contributed by atoms with E-state index in [9.17, 15) is 9.59 Å². The first-order valence-corrected chi connectivity index (χ1v) is 4.10. The van der Waals surface area contributed by atoms with Crippen LogP contribution in [0.5, 0.6) is 0 Å². The molecule has 2 rings (SSSR count). The first-order chi connectivity index (χ1) is 6.27. The summed E-state index contributed by atoms with van der Waals surface area (Å²) in [5.41, 5.74) is 1.37. The van der Waals surface area contributed by atoms with Gasteiger partial charge >= 0.3 is 0 Å². The lowest BCUT2D eigenvalue weighted by molar-refractivity contribution is -0.112. The topological polar surface area (TPSA) is 34.1 Å². The van der Waals surface area contributed by atoms with Crippen LogP contribution in [0, 0.1) is 0 Å². The van der Waals surface area contributed by atoms with Crippen LogP contribution in [0.15, 0.2) is 47.6 Å². The summed E-state index contributed by atoms with van der Waals surface area (Å²) in [6.45, 7) is 0. The molecular formula is C11H8O2. The Kier molecular flexibility index (Phi) is 1.81. The number of rotatable bonds is 0. The van der Waals surface area contributed by atoms with Crippen molar-refractivity contribution in [1.82, 2.24) is 0 Å². The molecule has 0 aromatic heterocycles. The van der Waals surface area contributed by atoms with Gasteiger partial charge < -0.3 is 0 Å². The highest BCUT2D eigenvalue weighted by atomic mass is 16.1. The van der Waals surface area contributed by atoms with E-state index in [1.54, 1.807) is 24.3 Å². The summed E-state index contributed by atoms with van der Waals surface area (Å²) in [6, 6.07) is 0. The van der Waals surface area contributed by atoms with Crippen molar-refractivity contribution in [1.29, 1.82) is 0 Å². The SMILES string of the molecule is O=C1C=CC(=O)C2=CC=CC=C1C2. The lowest BCUT2D eigenvalue weighted by Gasteiger charge is -1.99. The molecule has 0 spiro atoms. The van der Waals surface area contributed by atoms with Crippen LogP contribution >= 0.6 is 0 Å². The predicted octanol–water partition coefficient (Wildman–Crippen LogP) is 1.51. The number of carbonyl (C=O) groups is 2. The van der Waals surface area contributed by atoms with E-state index in [2.05, 4.69) is 0 Å². The molecule has 2 nitrogen and oxygen atoms in total. The Morgan fingerprint density at radius 2 is 1.31 bits per heavy atom. The monoisotopic (exact) mass is 172 g/mol. The van der Waals surface area contributed by atoms with Crippen molar-refractivity contribution in [2.24, 2.45) is 0 Å². The van der Waals surface area contributed by atoms with Crippen molar-refractivity contribution in [2.45, 2.75) is 6.42 Å². The summed E-state index contributed by atoms with van der Waals surface area (Å²) in [6.07, 6.45) is 10.2. The first kappa shape index (κ1) is 7.92. The van der Waals surface area contributed by atoms with E-state index in [0.717, 1.165) is 0 Å². The average Bonchev–Trinajstić information content (AvgIpc) is 2.43. The van der Waals surface area contributed by atoms with Gasteiger partial charge in [0.05, 0.1) is 0 Å². The van der Waals surface area contributed by atoms with Crippen molar-refractivity contribution in [3.63, 3.8) is 0 Å². The molecule has 2 aliphatic rings. The summed E-state index contributed by atoms with van der Waals surface area (Å²) in [5.74, 6) is -0.133. The van der Waals surface area contributed by atoms with Crippen LogP contribution in [-0.4, -0.2) is 11.6 Å².